The number of nitrogens with one attached hydrogen (secondary N) is 1. The van der Waals surface area contributed by atoms with E-state index in [-0.39, 0.29) is 5.60 Å². The highest BCUT2D eigenvalue weighted by atomic mass is 16.5. The van der Waals surface area contributed by atoms with Gasteiger partial charge in [-0.25, -0.2) is 4.68 Å². The van der Waals surface area contributed by atoms with Gasteiger partial charge in [0.25, 0.3) is 0 Å². The third-order valence-electron chi connectivity index (χ3n) is 5.30. The molecule has 0 aliphatic carbocycles. The summed E-state index contributed by atoms with van der Waals surface area (Å²) in [6.07, 6.45) is 5.35. The predicted molar refractivity (Wildman–Crippen MR) is 91.9 cm³/mol. The van der Waals surface area contributed by atoms with Crippen molar-refractivity contribution >= 4 is 11.0 Å². The van der Waals surface area contributed by atoms with E-state index in [9.17, 15) is 0 Å². The average Bonchev–Trinajstić information content (AvgIpc) is 3.03. The lowest BCUT2D eigenvalue weighted by molar-refractivity contribution is -0.140. The molecule has 2 aromatic rings. The zero-order valence-corrected chi connectivity index (χ0v) is 14.1. The molecular formula is C18H26N4O2. The van der Waals surface area contributed by atoms with Gasteiger partial charge in [0.15, 0.2) is 0 Å². The zero-order valence-electron chi connectivity index (χ0n) is 14.1. The van der Waals surface area contributed by atoms with Crippen LogP contribution in [0.4, 0.5) is 0 Å². The third kappa shape index (κ3) is 3.45. The average molecular weight is 330 g/mol. The molecule has 6 nitrogen and oxygen atoms in total. The Morgan fingerprint density at radius 2 is 2.08 bits per heavy atom. The fraction of sp³-hybridized carbons (Fsp3) is 0.667. The summed E-state index contributed by atoms with van der Waals surface area (Å²) >= 11 is 0. The number of ether oxygens (including phenoxy) is 2. The molecule has 0 unspecified atom stereocenters. The summed E-state index contributed by atoms with van der Waals surface area (Å²) < 4.78 is 13.6. The Bertz CT molecular complexity index is 660. The Labute approximate surface area is 142 Å². The van der Waals surface area contributed by atoms with Gasteiger partial charge >= 0.3 is 0 Å². The zero-order chi connectivity index (χ0) is 16.2. The molecule has 2 saturated heterocycles. The molecule has 1 atom stereocenters. The highest BCUT2D eigenvalue weighted by Gasteiger charge is 2.38. The summed E-state index contributed by atoms with van der Waals surface area (Å²) in [6.45, 7) is 4.45. The number of fused-ring (bicyclic) bond motifs is 1. The Hall–Kier alpha value is -1.50. The van der Waals surface area contributed by atoms with Crippen LogP contribution >= 0.6 is 0 Å². The van der Waals surface area contributed by atoms with Crippen LogP contribution < -0.4 is 5.32 Å². The highest BCUT2D eigenvalue weighted by molar-refractivity contribution is 5.73. The van der Waals surface area contributed by atoms with E-state index < -0.39 is 0 Å². The lowest BCUT2D eigenvalue weighted by Crippen LogP contribution is -2.50. The minimum Gasteiger partial charge on any atom is -0.381 e. The molecule has 1 spiro atoms. The fourth-order valence-corrected chi connectivity index (χ4v) is 3.91. The largest absolute Gasteiger partial charge is 0.381 e. The van der Waals surface area contributed by atoms with Crippen LogP contribution in [0.1, 0.15) is 32.1 Å². The Balaban J connectivity index is 1.25. The van der Waals surface area contributed by atoms with E-state index >= 15 is 0 Å². The summed E-state index contributed by atoms with van der Waals surface area (Å²) in [4.78, 5) is 0. The van der Waals surface area contributed by atoms with E-state index in [1.54, 1.807) is 0 Å². The number of para-hydroxylation sites is 1. The van der Waals surface area contributed by atoms with Crippen molar-refractivity contribution in [2.75, 3.05) is 26.4 Å². The van der Waals surface area contributed by atoms with Gasteiger partial charge in [0, 0.05) is 32.4 Å². The summed E-state index contributed by atoms with van der Waals surface area (Å²) in [6, 6.07) is 8.68. The SMILES string of the molecule is c1ccc2c(c1)nnn2CCCN[C@@H]1CCOC2(CCOCC2)C1. The van der Waals surface area contributed by atoms with Crippen molar-refractivity contribution in [3.8, 4) is 0 Å². The van der Waals surface area contributed by atoms with Crippen molar-refractivity contribution < 1.29 is 9.47 Å². The first-order chi connectivity index (χ1) is 11.8. The lowest BCUT2D eigenvalue weighted by atomic mass is 9.84. The first kappa shape index (κ1) is 16.0. The molecule has 2 aliphatic rings. The van der Waals surface area contributed by atoms with E-state index in [0.29, 0.717) is 6.04 Å². The molecule has 2 fully saturated rings. The molecule has 0 bridgehead atoms. The van der Waals surface area contributed by atoms with Crippen LogP contribution in [0, 0.1) is 0 Å². The molecule has 1 aromatic heterocycles. The summed E-state index contributed by atoms with van der Waals surface area (Å²) in [5, 5.41) is 12.2. The van der Waals surface area contributed by atoms with E-state index in [1.165, 1.54) is 0 Å². The van der Waals surface area contributed by atoms with Gasteiger partial charge in [0.05, 0.1) is 11.1 Å². The fourth-order valence-electron chi connectivity index (χ4n) is 3.91. The third-order valence-corrected chi connectivity index (χ3v) is 5.30. The van der Waals surface area contributed by atoms with Crippen LogP contribution in [0.3, 0.4) is 0 Å². The molecule has 0 saturated carbocycles. The van der Waals surface area contributed by atoms with Crippen molar-refractivity contribution in [1.82, 2.24) is 20.3 Å². The number of hydrogen-bond acceptors (Lipinski definition) is 5. The van der Waals surface area contributed by atoms with Crippen molar-refractivity contribution in [2.24, 2.45) is 0 Å². The van der Waals surface area contributed by atoms with Crippen molar-refractivity contribution in [3.05, 3.63) is 24.3 Å². The van der Waals surface area contributed by atoms with Crippen LogP contribution in [0.25, 0.3) is 11.0 Å². The molecular weight excluding hydrogens is 304 g/mol. The standard InChI is InChI=1S/C18H26N4O2/c1-2-5-17-16(4-1)20-21-22(17)10-3-9-19-15-6-11-24-18(14-15)7-12-23-13-8-18/h1-2,4-5,15,19H,3,6-14H2/t15-/m1/s1. The van der Waals surface area contributed by atoms with Gasteiger partial charge in [-0.1, -0.05) is 17.3 Å². The second kappa shape index (κ2) is 7.17. The maximum absolute atomic E-state index is 6.11. The van der Waals surface area contributed by atoms with Crippen LogP contribution in [-0.2, 0) is 16.0 Å². The summed E-state index contributed by atoms with van der Waals surface area (Å²) in [5.41, 5.74) is 2.15. The van der Waals surface area contributed by atoms with Gasteiger partial charge in [0.1, 0.15) is 5.52 Å². The molecule has 2 aliphatic heterocycles. The van der Waals surface area contributed by atoms with Gasteiger partial charge in [-0.05, 0) is 50.8 Å². The Morgan fingerprint density at radius 1 is 1.21 bits per heavy atom. The molecule has 24 heavy (non-hydrogen) atoms. The molecule has 1 N–H and O–H groups in total. The first-order valence-electron chi connectivity index (χ1n) is 9.08. The van der Waals surface area contributed by atoms with Gasteiger partial charge in [-0.2, -0.15) is 0 Å². The number of nitrogens with zero attached hydrogens (tertiary/aromatic N) is 3. The van der Waals surface area contributed by atoms with Crippen molar-refractivity contribution in [3.63, 3.8) is 0 Å². The van der Waals surface area contributed by atoms with Gasteiger partial charge < -0.3 is 14.8 Å². The van der Waals surface area contributed by atoms with Crippen LogP contribution in [0.2, 0.25) is 0 Å². The summed E-state index contributed by atoms with van der Waals surface area (Å²) in [5.74, 6) is 0. The summed E-state index contributed by atoms with van der Waals surface area (Å²) in [7, 11) is 0. The second-order valence-corrected chi connectivity index (χ2v) is 6.94. The minimum atomic E-state index is 0.0657. The molecule has 3 heterocycles. The number of benzene rings is 1. The first-order valence-corrected chi connectivity index (χ1v) is 9.08. The molecule has 0 amide bonds. The quantitative estimate of drug-likeness (QED) is 0.851. The Morgan fingerprint density at radius 3 is 3.00 bits per heavy atom. The minimum absolute atomic E-state index is 0.0657. The number of hydrogen-bond donors (Lipinski definition) is 1. The maximum atomic E-state index is 6.11. The smallest absolute Gasteiger partial charge is 0.113 e. The predicted octanol–water partition coefficient (Wildman–Crippen LogP) is 2.14. The van der Waals surface area contributed by atoms with Gasteiger partial charge in [0.2, 0.25) is 0 Å². The molecule has 1 aromatic carbocycles. The van der Waals surface area contributed by atoms with E-state index in [1.807, 2.05) is 22.9 Å². The van der Waals surface area contributed by atoms with E-state index in [0.717, 1.165) is 76.0 Å². The number of aromatic nitrogens is 3. The van der Waals surface area contributed by atoms with Gasteiger partial charge in [-0.15, -0.1) is 5.10 Å². The second-order valence-electron chi connectivity index (χ2n) is 6.94. The molecule has 6 heteroatoms. The lowest BCUT2D eigenvalue weighted by Gasteiger charge is -2.43. The monoisotopic (exact) mass is 330 g/mol. The molecule has 0 radical (unpaired) electrons. The Kier molecular flexibility index (Phi) is 4.78. The van der Waals surface area contributed by atoms with Crippen LogP contribution in [-0.4, -0.2) is 53.0 Å². The van der Waals surface area contributed by atoms with E-state index in [4.69, 9.17) is 9.47 Å². The van der Waals surface area contributed by atoms with E-state index in [2.05, 4.69) is 21.7 Å². The normalized spacial score (nSPS) is 23.8. The van der Waals surface area contributed by atoms with Crippen LogP contribution in [0.15, 0.2) is 24.3 Å². The van der Waals surface area contributed by atoms with Crippen molar-refractivity contribution in [1.29, 1.82) is 0 Å². The topological polar surface area (TPSA) is 61.2 Å². The number of aryl methyl sites for hydroxylation is 1. The van der Waals surface area contributed by atoms with Crippen molar-refractivity contribution in [2.45, 2.75) is 50.3 Å². The van der Waals surface area contributed by atoms with Gasteiger partial charge in [-0.3, -0.25) is 0 Å². The van der Waals surface area contributed by atoms with Crippen LogP contribution in [0.5, 0.6) is 0 Å². The molecule has 130 valence electrons. The maximum Gasteiger partial charge on any atom is 0.113 e. The number of rotatable bonds is 5. The highest BCUT2D eigenvalue weighted by Crippen LogP contribution is 2.34. The molecule has 4 rings (SSSR count).